The van der Waals surface area contributed by atoms with Gasteiger partial charge in [-0.05, 0) is 96.6 Å². The second-order valence-electron chi connectivity index (χ2n) is 21.1. The smallest absolute Gasteiger partial charge is 1.00 e. The fourth-order valence-corrected chi connectivity index (χ4v) is 23.5. The summed E-state index contributed by atoms with van der Waals surface area (Å²) in [5.41, 5.74) is 6.61. The van der Waals surface area contributed by atoms with Crippen molar-refractivity contribution >= 4 is 96.0 Å². The van der Waals surface area contributed by atoms with Gasteiger partial charge >= 0.3 is 52.4 Å². The summed E-state index contributed by atoms with van der Waals surface area (Å²) in [6.07, 6.45) is 10.3. The molecule has 0 aromatic heterocycles. The van der Waals surface area contributed by atoms with Gasteiger partial charge in [0.15, 0.2) is 0 Å². The second-order valence-corrected chi connectivity index (χ2v) is 33.4. The Kier molecular flexibility index (Phi) is 35.3. The molecule has 0 aliphatic carbocycles. The second kappa shape index (κ2) is 36.9. The molecule has 0 radical (unpaired) electrons. The molecule has 8 rings (SSSR count). The fourth-order valence-electron chi connectivity index (χ4n) is 10.5. The number of fused-ring (bicyclic) bond motifs is 4. The number of rotatable bonds is 20. The first kappa shape index (κ1) is 72.7. The Morgan fingerprint density at radius 3 is 0.553 bits per heavy atom. The van der Waals surface area contributed by atoms with E-state index < -0.39 is 0 Å². The van der Waals surface area contributed by atoms with Gasteiger partial charge in [-0.25, -0.2) is 0 Å². The largest absolute Gasteiger partial charge is 2.00 e. The van der Waals surface area contributed by atoms with Crippen LogP contribution in [0, 0.1) is 0 Å². The molecule has 0 aliphatic rings. The van der Waals surface area contributed by atoms with Gasteiger partial charge in [-0.3, -0.25) is 0 Å². The zero-order chi connectivity index (χ0) is 52.5. The summed E-state index contributed by atoms with van der Waals surface area (Å²) in [5, 5.41) is 17.7. The van der Waals surface area contributed by atoms with Crippen LogP contribution in [0.25, 0.3) is 43.1 Å². The quantitative estimate of drug-likeness (QED) is 0.0527. The summed E-state index contributed by atoms with van der Waals surface area (Å²) in [5.74, 6) is 0. The van der Waals surface area contributed by atoms with E-state index in [1.165, 1.54) is 94.5 Å². The van der Waals surface area contributed by atoms with Crippen molar-refractivity contribution in [2.45, 2.75) is 207 Å². The van der Waals surface area contributed by atoms with E-state index in [-0.39, 0.29) is 93.5 Å². The van der Waals surface area contributed by atoms with Crippen molar-refractivity contribution in [1.29, 1.82) is 0 Å². The number of benzene rings is 4. The van der Waals surface area contributed by atoms with Crippen LogP contribution in [-0.2, 0) is 52.4 Å². The average molecular weight is 1260 g/mol. The number of hydrogen-bond acceptors (Lipinski definition) is 0. The van der Waals surface area contributed by atoms with Crippen LogP contribution in [0.5, 0.6) is 0 Å². The van der Waals surface area contributed by atoms with Gasteiger partial charge in [0.1, 0.15) is 0 Å². The minimum Gasteiger partial charge on any atom is -1.00 e. The Morgan fingerprint density at radius 1 is 0.276 bits per heavy atom. The van der Waals surface area contributed by atoms with Gasteiger partial charge < -0.3 is 9.41 Å². The van der Waals surface area contributed by atoms with Gasteiger partial charge in [0.25, 0.3) is 0 Å². The zero-order valence-electron chi connectivity index (χ0n) is 49.7. The van der Waals surface area contributed by atoms with E-state index in [1.54, 1.807) is 21.2 Å². The molecule has 0 spiro atoms. The van der Waals surface area contributed by atoms with E-state index in [1.807, 2.05) is 0 Å². The Labute approximate surface area is 506 Å². The van der Waals surface area contributed by atoms with Crippen molar-refractivity contribution in [3.63, 3.8) is 0 Å². The van der Waals surface area contributed by atoms with Gasteiger partial charge in [0, 0.05) is 0 Å². The van der Waals surface area contributed by atoms with Gasteiger partial charge in [-0.1, -0.05) is 167 Å². The maximum atomic E-state index is 2.43. The standard InChI is InChI=1S/4C17H24P.2FH.2Zr/c4*1-5-13(3)18(14(4)6-2)17-11-15-9-7-8-10-16(15)12-17;;;;/h4*7-14H,5-6H2,1-4H3;2*1H;;/q4*-1;;;2*+2/p-2. The third-order valence-corrected chi connectivity index (χ3v) is 30.1. The van der Waals surface area contributed by atoms with Crippen molar-refractivity contribution < 1.29 is 61.8 Å². The SMILES string of the molecule is CCC(C)P(c1cc2ccccc2[cH-]1)C(C)CC.CCC(C)P(c1cc2ccccc2[cH-]1)C(C)CC.CCC(C)P(c1cc2ccccc2[cH-]1)C(C)CC.CCC(C)P(c1cc2ccccc2[cH-]1)C(C)CC.[F-].[F-].[Zr+2].[Zr+2]. The molecule has 8 aromatic rings. The predicted molar refractivity (Wildman–Crippen MR) is 342 cm³/mol. The molecule has 8 unspecified atom stereocenters. The normalized spacial score (nSPS) is 15.8. The third kappa shape index (κ3) is 19.4. The Hall–Kier alpha value is -1.33. The third-order valence-electron chi connectivity index (χ3n) is 16.1. The summed E-state index contributed by atoms with van der Waals surface area (Å²) in [4.78, 5) is 0. The first-order chi connectivity index (χ1) is 34.7. The molecular weight excluding hydrogens is 1160 g/mol. The Balaban J connectivity index is 0.000000498. The summed E-state index contributed by atoms with van der Waals surface area (Å²) in [6, 6.07) is 54.4. The molecule has 76 heavy (non-hydrogen) atoms. The summed E-state index contributed by atoms with van der Waals surface area (Å²) in [7, 11) is -0.101. The maximum absolute atomic E-state index is 2.43. The summed E-state index contributed by atoms with van der Waals surface area (Å²) < 4.78 is 0. The van der Waals surface area contributed by atoms with Crippen LogP contribution in [0.2, 0.25) is 0 Å². The fraction of sp³-hybridized carbons (Fsp3) is 0.471. The molecule has 412 valence electrons. The molecule has 0 amide bonds. The van der Waals surface area contributed by atoms with Gasteiger partial charge in [-0.15, -0.1) is 161 Å². The van der Waals surface area contributed by atoms with Crippen molar-refractivity contribution in [2.75, 3.05) is 0 Å². The number of hydrogen-bond donors (Lipinski definition) is 0. The molecule has 0 heterocycles. The number of halogens is 2. The molecule has 0 fully saturated rings. The molecular formula is C68H96F2P4Zr2-2. The van der Waals surface area contributed by atoms with E-state index in [0.29, 0.717) is 0 Å². The summed E-state index contributed by atoms with van der Waals surface area (Å²) in [6.45, 7) is 38.0. The summed E-state index contributed by atoms with van der Waals surface area (Å²) >= 11 is 0. The zero-order valence-corrected chi connectivity index (χ0v) is 58.2. The van der Waals surface area contributed by atoms with Gasteiger partial charge in [-0.2, -0.15) is 24.3 Å². The van der Waals surface area contributed by atoms with Gasteiger partial charge in [0.05, 0.1) is 0 Å². The molecule has 0 saturated carbocycles. The van der Waals surface area contributed by atoms with Crippen LogP contribution in [-0.4, -0.2) is 45.3 Å². The van der Waals surface area contributed by atoms with Crippen LogP contribution in [0.1, 0.15) is 162 Å². The van der Waals surface area contributed by atoms with Crippen molar-refractivity contribution in [3.05, 3.63) is 146 Å². The molecule has 0 nitrogen and oxygen atoms in total. The Morgan fingerprint density at radius 2 is 0.421 bits per heavy atom. The van der Waals surface area contributed by atoms with E-state index in [9.17, 15) is 0 Å². The molecule has 8 atom stereocenters. The molecule has 8 aromatic carbocycles. The van der Waals surface area contributed by atoms with Crippen molar-refractivity contribution in [2.24, 2.45) is 0 Å². The van der Waals surface area contributed by atoms with Crippen LogP contribution in [0.15, 0.2) is 146 Å². The van der Waals surface area contributed by atoms with Crippen LogP contribution < -0.4 is 30.6 Å². The van der Waals surface area contributed by atoms with Crippen molar-refractivity contribution in [1.82, 2.24) is 0 Å². The van der Waals surface area contributed by atoms with E-state index in [0.717, 1.165) is 45.3 Å². The average Bonchev–Trinajstić information content (AvgIpc) is 4.23. The minimum absolute atomic E-state index is 0. The molecule has 8 heteroatoms. The van der Waals surface area contributed by atoms with E-state index in [2.05, 4.69) is 256 Å². The predicted octanol–water partition coefficient (Wildman–Crippen LogP) is 15.1. The topological polar surface area (TPSA) is 0 Å². The van der Waals surface area contributed by atoms with Crippen LogP contribution >= 0.6 is 31.7 Å². The molecule has 0 aliphatic heterocycles. The maximum Gasteiger partial charge on any atom is 2.00 e. The minimum atomic E-state index is -0.0252. The molecule has 0 bridgehead atoms. The van der Waals surface area contributed by atoms with Gasteiger partial charge in [0.2, 0.25) is 0 Å². The first-order valence-electron chi connectivity index (χ1n) is 28.4. The first-order valence-corrected chi connectivity index (χ1v) is 34.3. The molecule has 0 saturated heterocycles. The van der Waals surface area contributed by atoms with Crippen molar-refractivity contribution in [3.8, 4) is 0 Å². The van der Waals surface area contributed by atoms with E-state index in [4.69, 9.17) is 0 Å². The monoisotopic (exact) mass is 1250 g/mol. The van der Waals surface area contributed by atoms with Crippen LogP contribution in [0.4, 0.5) is 0 Å². The Bertz CT molecular complexity index is 2220. The van der Waals surface area contributed by atoms with Crippen LogP contribution in [0.3, 0.4) is 0 Å². The molecule has 0 N–H and O–H groups in total. The van der Waals surface area contributed by atoms with E-state index >= 15 is 0 Å².